The molecule has 2 N–H and O–H groups in total. The molecule has 0 spiro atoms. The lowest BCUT2D eigenvalue weighted by Gasteiger charge is -2.18. The van der Waals surface area contributed by atoms with Crippen LogP contribution >= 0.6 is 0 Å². The van der Waals surface area contributed by atoms with Gasteiger partial charge in [-0.1, -0.05) is 6.92 Å². The maximum absolute atomic E-state index is 12.1. The second kappa shape index (κ2) is 5.90. The minimum Gasteiger partial charge on any atom is -0.481 e. The Bertz CT molecular complexity index is 355. The minimum absolute atomic E-state index is 0.0825. The van der Waals surface area contributed by atoms with Gasteiger partial charge in [0.2, 0.25) is 5.91 Å². The first-order chi connectivity index (χ1) is 8.99. The number of nitrogens with one attached hydrogen (secondary N) is 1. The summed E-state index contributed by atoms with van der Waals surface area (Å²) in [7, 11) is 2.07. The maximum atomic E-state index is 12.1. The van der Waals surface area contributed by atoms with E-state index in [2.05, 4.69) is 17.3 Å². The molecule has 2 saturated carbocycles. The Labute approximate surface area is 114 Å². The highest BCUT2D eigenvalue weighted by Gasteiger charge is 2.41. The van der Waals surface area contributed by atoms with Crippen LogP contribution in [0.5, 0.6) is 0 Å². The van der Waals surface area contributed by atoms with Crippen LogP contribution in [0.4, 0.5) is 0 Å². The summed E-state index contributed by atoms with van der Waals surface area (Å²) in [5, 5.41) is 12.1. The zero-order valence-corrected chi connectivity index (χ0v) is 11.8. The molecule has 19 heavy (non-hydrogen) atoms. The highest BCUT2D eigenvalue weighted by molar-refractivity contribution is 5.85. The summed E-state index contributed by atoms with van der Waals surface area (Å²) in [6.45, 7) is 3.48. The second-order valence-corrected chi connectivity index (χ2v) is 6.13. The van der Waals surface area contributed by atoms with E-state index in [-0.39, 0.29) is 11.8 Å². The standard InChI is InChI=1S/C14H24N2O3/c1-9-7-11(12(8-9)14(18)19)13(17)15-5-6-16(2)10-3-4-10/h9-12H,3-8H2,1-2H3,(H,15,17)(H,18,19). The Balaban J connectivity index is 1.76. The van der Waals surface area contributed by atoms with Crippen LogP contribution in [0.3, 0.4) is 0 Å². The minimum atomic E-state index is -0.834. The van der Waals surface area contributed by atoms with Crippen LogP contribution in [0.1, 0.15) is 32.6 Å². The zero-order chi connectivity index (χ0) is 14.0. The predicted molar refractivity (Wildman–Crippen MR) is 71.7 cm³/mol. The number of hydrogen-bond acceptors (Lipinski definition) is 3. The van der Waals surface area contributed by atoms with Crippen LogP contribution in [0.25, 0.3) is 0 Å². The van der Waals surface area contributed by atoms with Gasteiger partial charge in [0.05, 0.1) is 11.8 Å². The Morgan fingerprint density at radius 3 is 2.47 bits per heavy atom. The van der Waals surface area contributed by atoms with E-state index in [9.17, 15) is 9.59 Å². The third-order valence-electron chi connectivity index (χ3n) is 4.39. The summed E-state index contributed by atoms with van der Waals surface area (Å²) in [5.41, 5.74) is 0. The van der Waals surface area contributed by atoms with Gasteiger partial charge < -0.3 is 15.3 Å². The number of carbonyl (C=O) groups excluding carboxylic acids is 1. The molecule has 1 amide bonds. The molecule has 0 radical (unpaired) electrons. The SMILES string of the molecule is CC1CC(C(=O)O)C(C(=O)NCCN(C)C2CC2)C1. The van der Waals surface area contributed by atoms with Crippen LogP contribution in [0.15, 0.2) is 0 Å². The molecule has 5 nitrogen and oxygen atoms in total. The fourth-order valence-electron chi connectivity index (χ4n) is 3.04. The van der Waals surface area contributed by atoms with Gasteiger partial charge in [0.25, 0.3) is 0 Å². The van der Waals surface area contributed by atoms with Crippen molar-refractivity contribution in [3.63, 3.8) is 0 Å². The molecule has 2 fully saturated rings. The fraction of sp³-hybridized carbons (Fsp3) is 0.857. The Kier molecular flexibility index (Phi) is 4.45. The van der Waals surface area contributed by atoms with Gasteiger partial charge in [0.1, 0.15) is 0 Å². The number of rotatable bonds is 6. The second-order valence-electron chi connectivity index (χ2n) is 6.13. The van der Waals surface area contributed by atoms with E-state index in [0.29, 0.717) is 31.3 Å². The Morgan fingerprint density at radius 2 is 1.89 bits per heavy atom. The van der Waals surface area contributed by atoms with E-state index in [0.717, 1.165) is 6.54 Å². The van der Waals surface area contributed by atoms with Crippen LogP contribution in [-0.4, -0.2) is 48.1 Å². The molecule has 5 heteroatoms. The quantitative estimate of drug-likeness (QED) is 0.752. The molecule has 0 aliphatic heterocycles. The normalized spacial score (nSPS) is 30.6. The molecule has 108 valence electrons. The Hall–Kier alpha value is -1.10. The molecule has 2 rings (SSSR count). The van der Waals surface area contributed by atoms with Crippen LogP contribution < -0.4 is 5.32 Å². The number of carboxylic acids is 1. The van der Waals surface area contributed by atoms with Crippen molar-refractivity contribution in [1.29, 1.82) is 0 Å². The van der Waals surface area contributed by atoms with E-state index < -0.39 is 11.9 Å². The highest BCUT2D eigenvalue weighted by Crippen LogP contribution is 2.36. The first-order valence-corrected chi connectivity index (χ1v) is 7.19. The summed E-state index contributed by atoms with van der Waals surface area (Å²) >= 11 is 0. The monoisotopic (exact) mass is 268 g/mol. The van der Waals surface area contributed by atoms with E-state index in [1.54, 1.807) is 0 Å². The molecular weight excluding hydrogens is 244 g/mol. The van der Waals surface area contributed by atoms with E-state index in [4.69, 9.17) is 5.11 Å². The first-order valence-electron chi connectivity index (χ1n) is 7.19. The van der Waals surface area contributed by atoms with Gasteiger partial charge in [-0.2, -0.15) is 0 Å². The molecule has 2 aliphatic carbocycles. The largest absolute Gasteiger partial charge is 0.481 e. The van der Waals surface area contributed by atoms with Crippen LogP contribution in [-0.2, 0) is 9.59 Å². The molecule has 3 unspecified atom stereocenters. The van der Waals surface area contributed by atoms with Gasteiger partial charge in [-0.25, -0.2) is 0 Å². The Morgan fingerprint density at radius 1 is 1.26 bits per heavy atom. The number of carboxylic acid groups (broad SMARTS) is 1. The van der Waals surface area contributed by atoms with Gasteiger partial charge in [0, 0.05) is 19.1 Å². The topological polar surface area (TPSA) is 69.6 Å². The number of aliphatic carboxylic acids is 1. The lowest BCUT2D eigenvalue weighted by molar-refractivity contribution is -0.146. The molecule has 3 atom stereocenters. The average molecular weight is 268 g/mol. The van der Waals surface area contributed by atoms with Crippen molar-refractivity contribution in [2.45, 2.75) is 38.6 Å². The number of likely N-dealkylation sites (N-methyl/N-ethyl adjacent to an activating group) is 1. The van der Waals surface area contributed by atoms with Crippen LogP contribution in [0, 0.1) is 17.8 Å². The first kappa shape index (κ1) is 14.3. The lowest BCUT2D eigenvalue weighted by Crippen LogP contribution is -2.39. The smallest absolute Gasteiger partial charge is 0.307 e. The van der Waals surface area contributed by atoms with Gasteiger partial charge in [-0.3, -0.25) is 9.59 Å². The van der Waals surface area contributed by atoms with Crippen molar-refractivity contribution in [3.05, 3.63) is 0 Å². The predicted octanol–water partition coefficient (Wildman–Crippen LogP) is 0.944. The highest BCUT2D eigenvalue weighted by atomic mass is 16.4. The fourth-order valence-corrected chi connectivity index (χ4v) is 3.04. The summed E-state index contributed by atoms with van der Waals surface area (Å²) < 4.78 is 0. The molecule has 2 aliphatic rings. The zero-order valence-electron chi connectivity index (χ0n) is 11.8. The number of carbonyl (C=O) groups is 2. The molecule has 0 aromatic rings. The maximum Gasteiger partial charge on any atom is 0.307 e. The molecule has 0 heterocycles. The number of hydrogen-bond donors (Lipinski definition) is 2. The van der Waals surface area contributed by atoms with E-state index in [1.807, 2.05) is 6.92 Å². The number of amides is 1. The molecular formula is C14H24N2O3. The van der Waals surface area contributed by atoms with Crippen molar-refractivity contribution in [2.24, 2.45) is 17.8 Å². The average Bonchev–Trinajstić information content (AvgIpc) is 3.11. The van der Waals surface area contributed by atoms with Crippen molar-refractivity contribution in [1.82, 2.24) is 10.2 Å². The molecule has 0 saturated heterocycles. The molecule has 0 aromatic carbocycles. The van der Waals surface area contributed by atoms with E-state index in [1.165, 1.54) is 12.8 Å². The van der Waals surface area contributed by atoms with Crippen molar-refractivity contribution in [3.8, 4) is 0 Å². The van der Waals surface area contributed by atoms with Crippen molar-refractivity contribution >= 4 is 11.9 Å². The lowest BCUT2D eigenvalue weighted by atomic mass is 9.95. The van der Waals surface area contributed by atoms with E-state index >= 15 is 0 Å². The third kappa shape index (κ3) is 3.69. The van der Waals surface area contributed by atoms with Crippen molar-refractivity contribution in [2.75, 3.05) is 20.1 Å². The summed E-state index contributed by atoms with van der Waals surface area (Å²) in [6.07, 6.45) is 3.83. The number of nitrogens with zero attached hydrogens (tertiary/aromatic N) is 1. The van der Waals surface area contributed by atoms with Gasteiger partial charge in [-0.15, -0.1) is 0 Å². The third-order valence-corrected chi connectivity index (χ3v) is 4.39. The van der Waals surface area contributed by atoms with Gasteiger partial charge >= 0.3 is 5.97 Å². The molecule has 0 bridgehead atoms. The summed E-state index contributed by atoms with van der Waals surface area (Å²) in [4.78, 5) is 25.5. The van der Waals surface area contributed by atoms with Gasteiger partial charge in [0.15, 0.2) is 0 Å². The van der Waals surface area contributed by atoms with Crippen molar-refractivity contribution < 1.29 is 14.7 Å². The molecule has 0 aromatic heterocycles. The van der Waals surface area contributed by atoms with Gasteiger partial charge in [-0.05, 0) is 38.6 Å². The summed E-state index contributed by atoms with van der Waals surface area (Å²) in [5.74, 6) is -1.44. The van der Waals surface area contributed by atoms with Crippen LogP contribution in [0.2, 0.25) is 0 Å². The summed E-state index contributed by atoms with van der Waals surface area (Å²) in [6, 6.07) is 0.690.